The molecule has 1 aliphatic heterocycles. The fourth-order valence-electron chi connectivity index (χ4n) is 3.26. The first-order valence-corrected chi connectivity index (χ1v) is 9.77. The van der Waals surface area contributed by atoms with Crippen LogP contribution in [0.2, 0.25) is 0 Å². The van der Waals surface area contributed by atoms with Crippen LogP contribution in [0.15, 0.2) is 54.0 Å². The van der Waals surface area contributed by atoms with Crippen molar-refractivity contribution in [2.75, 3.05) is 20.1 Å². The van der Waals surface area contributed by atoms with Crippen LogP contribution in [-0.4, -0.2) is 46.8 Å². The summed E-state index contributed by atoms with van der Waals surface area (Å²) in [7, 11) is 2.12. The number of piperidine rings is 1. The first-order valence-electron chi connectivity index (χ1n) is 8.89. The molecular formula is C20H22N4OS. The summed E-state index contributed by atoms with van der Waals surface area (Å²) in [6.07, 6.45) is 3.82. The zero-order valence-corrected chi connectivity index (χ0v) is 15.6. The number of amides is 1. The Morgan fingerprint density at radius 2 is 1.92 bits per heavy atom. The first kappa shape index (κ1) is 17.0. The summed E-state index contributed by atoms with van der Waals surface area (Å²) in [6, 6.07) is 14.1. The van der Waals surface area contributed by atoms with Crippen LogP contribution in [0.5, 0.6) is 0 Å². The third-order valence-electron chi connectivity index (χ3n) is 4.79. The number of hydrogen-bond acceptors (Lipinski definition) is 4. The van der Waals surface area contributed by atoms with Crippen molar-refractivity contribution in [2.45, 2.75) is 18.9 Å². The summed E-state index contributed by atoms with van der Waals surface area (Å²) in [6.45, 7) is 2.04. The molecule has 0 aliphatic carbocycles. The van der Waals surface area contributed by atoms with E-state index < -0.39 is 0 Å². The van der Waals surface area contributed by atoms with Crippen LogP contribution in [0.4, 0.5) is 0 Å². The minimum Gasteiger partial charge on any atom is -0.349 e. The summed E-state index contributed by atoms with van der Waals surface area (Å²) in [4.78, 5) is 16.3. The van der Waals surface area contributed by atoms with E-state index in [0.717, 1.165) is 42.2 Å². The number of benzene rings is 1. The lowest BCUT2D eigenvalue weighted by Gasteiger charge is -2.29. The quantitative estimate of drug-likeness (QED) is 0.770. The topological polar surface area (TPSA) is 50.2 Å². The Balaban J connectivity index is 1.63. The van der Waals surface area contributed by atoms with Crippen molar-refractivity contribution in [2.24, 2.45) is 0 Å². The molecule has 1 N–H and O–H groups in total. The standard InChI is InChI=1S/C20H22N4OS/c1-23-11-9-15(10-12-23)21-20(25)17-14-24(16-6-3-2-4-7-16)22-19(17)18-8-5-13-26-18/h2-8,13-15H,9-12H2,1H3,(H,21,25). The van der Waals surface area contributed by atoms with E-state index in [1.165, 1.54) is 0 Å². The minimum absolute atomic E-state index is 0.0369. The minimum atomic E-state index is -0.0369. The first-order chi connectivity index (χ1) is 12.7. The van der Waals surface area contributed by atoms with Crippen molar-refractivity contribution in [3.05, 3.63) is 59.6 Å². The fraction of sp³-hybridized carbons (Fsp3) is 0.300. The number of nitrogens with zero attached hydrogens (tertiary/aromatic N) is 3. The van der Waals surface area contributed by atoms with Gasteiger partial charge in [0.15, 0.2) is 0 Å². The maximum absolute atomic E-state index is 13.0. The fourth-order valence-corrected chi connectivity index (χ4v) is 3.99. The van der Waals surface area contributed by atoms with Crippen molar-refractivity contribution in [3.8, 4) is 16.3 Å². The maximum atomic E-state index is 13.0. The lowest BCUT2D eigenvalue weighted by Crippen LogP contribution is -2.43. The van der Waals surface area contributed by atoms with Crippen molar-refractivity contribution in [3.63, 3.8) is 0 Å². The summed E-state index contributed by atoms with van der Waals surface area (Å²) in [5.41, 5.74) is 2.33. The number of para-hydroxylation sites is 1. The van der Waals surface area contributed by atoms with E-state index in [0.29, 0.717) is 5.56 Å². The molecular weight excluding hydrogens is 344 g/mol. The Morgan fingerprint density at radius 1 is 1.15 bits per heavy atom. The summed E-state index contributed by atoms with van der Waals surface area (Å²) >= 11 is 1.60. The number of thiophene rings is 1. The maximum Gasteiger partial charge on any atom is 0.255 e. The highest BCUT2D eigenvalue weighted by Gasteiger charge is 2.23. The van der Waals surface area contributed by atoms with Gasteiger partial charge in [-0.15, -0.1) is 11.3 Å². The molecule has 3 aromatic rings. The zero-order chi connectivity index (χ0) is 17.9. The second-order valence-corrected chi connectivity index (χ2v) is 7.65. The Morgan fingerprint density at radius 3 is 2.62 bits per heavy atom. The van der Waals surface area contributed by atoms with Crippen molar-refractivity contribution in [1.29, 1.82) is 0 Å². The molecule has 1 aliphatic rings. The van der Waals surface area contributed by atoms with E-state index in [9.17, 15) is 4.79 Å². The second-order valence-electron chi connectivity index (χ2n) is 6.70. The van der Waals surface area contributed by atoms with Gasteiger partial charge in [-0.25, -0.2) is 4.68 Å². The average molecular weight is 366 g/mol. The van der Waals surface area contributed by atoms with Crippen LogP contribution in [0, 0.1) is 0 Å². The number of nitrogens with one attached hydrogen (secondary N) is 1. The molecule has 1 fully saturated rings. The molecule has 0 atom stereocenters. The molecule has 0 bridgehead atoms. The molecule has 5 nitrogen and oxygen atoms in total. The number of carbonyl (C=O) groups excluding carboxylic acids is 1. The van der Waals surface area contributed by atoms with E-state index in [1.807, 2.05) is 54.0 Å². The van der Waals surface area contributed by atoms with E-state index in [2.05, 4.69) is 17.3 Å². The Kier molecular flexibility index (Phi) is 4.86. The molecule has 1 amide bonds. The van der Waals surface area contributed by atoms with E-state index in [-0.39, 0.29) is 11.9 Å². The molecule has 1 saturated heterocycles. The third-order valence-corrected chi connectivity index (χ3v) is 5.66. The molecule has 0 radical (unpaired) electrons. The number of aromatic nitrogens is 2. The molecule has 0 saturated carbocycles. The lowest BCUT2D eigenvalue weighted by molar-refractivity contribution is 0.0917. The molecule has 26 heavy (non-hydrogen) atoms. The predicted molar refractivity (Wildman–Crippen MR) is 105 cm³/mol. The highest BCUT2D eigenvalue weighted by atomic mass is 32.1. The normalized spacial score (nSPS) is 15.9. The van der Waals surface area contributed by atoms with Gasteiger partial charge in [0.2, 0.25) is 0 Å². The monoisotopic (exact) mass is 366 g/mol. The van der Waals surface area contributed by atoms with Crippen LogP contribution < -0.4 is 5.32 Å². The summed E-state index contributed by atoms with van der Waals surface area (Å²) in [5.74, 6) is -0.0369. The van der Waals surface area contributed by atoms with E-state index >= 15 is 0 Å². The van der Waals surface area contributed by atoms with E-state index in [1.54, 1.807) is 16.0 Å². The number of carbonyl (C=O) groups is 1. The number of likely N-dealkylation sites (tertiary alicyclic amines) is 1. The summed E-state index contributed by atoms with van der Waals surface area (Å²) in [5, 5.41) is 9.93. The van der Waals surface area contributed by atoms with Gasteiger partial charge in [0.25, 0.3) is 5.91 Å². The highest BCUT2D eigenvalue weighted by Crippen LogP contribution is 2.28. The van der Waals surface area contributed by atoms with Crippen LogP contribution >= 0.6 is 11.3 Å². The molecule has 134 valence electrons. The van der Waals surface area contributed by atoms with Crippen molar-refractivity contribution < 1.29 is 4.79 Å². The molecule has 0 spiro atoms. The Labute approximate surface area is 157 Å². The summed E-state index contributed by atoms with van der Waals surface area (Å²) < 4.78 is 1.79. The van der Waals surface area contributed by atoms with Crippen LogP contribution in [0.25, 0.3) is 16.3 Å². The van der Waals surface area contributed by atoms with Crippen LogP contribution in [0.1, 0.15) is 23.2 Å². The van der Waals surface area contributed by atoms with Gasteiger partial charge in [-0.2, -0.15) is 5.10 Å². The van der Waals surface area contributed by atoms with Gasteiger partial charge in [0.05, 0.1) is 16.1 Å². The molecule has 3 heterocycles. The van der Waals surface area contributed by atoms with Gasteiger partial charge >= 0.3 is 0 Å². The van der Waals surface area contributed by atoms with Crippen molar-refractivity contribution in [1.82, 2.24) is 20.0 Å². The predicted octanol–water partition coefficient (Wildman–Crippen LogP) is 3.42. The Bertz CT molecular complexity index is 865. The second kappa shape index (κ2) is 7.43. The lowest BCUT2D eigenvalue weighted by atomic mass is 10.0. The third kappa shape index (κ3) is 3.57. The van der Waals surface area contributed by atoms with Gasteiger partial charge in [-0.05, 0) is 56.6 Å². The average Bonchev–Trinajstić information content (AvgIpc) is 3.34. The van der Waals surface area contributed by atoms with Gasteiger partial charge < -0.3 is 10.2 Å². The molecule has 1 aromatic carbocycles. The van der Waals surface area contributed by atoms with Crippen LogP contribution in [0.3, 0.4) is 0 Å². The number of rotatable bonds is 4. The largest absolute Gasteiger partial charge is 0.349 e. The molecule has 4 rings (SSSR count). The van der Waals surface area contributed by atoms with Gasteiger partial charge in [-0.1, -0.05) is 24.3 Å². The van der Waals surface area contributed by atoms with Gasteiger partial charge in [0.1, 0.15) is 5.69 Å². The SMILES string of the molecule is CN1CCC(NC(=O)c2cn(-c3ccccc3)nc2-c2cccs2)CC1. The highest BCUT2D eigenvalue weighted by molar-refractivity contribution is 7.13. The zero-order valence-electron chi connectivity index (χ0n) is 14.8. The Hall–Kier alpha value is -2.44. The van der Waals surface area contributed by atoms with Gasteiger partial charge in [-0.3, -0.25) is 4.79 Å². The van der Waals surface area contributed by atoms with E-state index in [4.69, 9.17) is 5.10 Å². The number of hydrogen-bond donors (Lipinski definition) is 1. The molecule has 2 aromatic heterocycles. The van der Waals surface area contributed by atoms with Crippen LogP contribution in [-0.2, 0) is 0 Å². The molecule has 0 unspecified atom stereocenters. The smallest absolute Gasteiger partial charge is 0.255 e. The van der Waals surface area contributed by atoms with Gasteiger partial charge in [0, 0.05) is 12.2 Å². The molecule has 6 heteroatoms. The van der Waals surface area contributed by atoms with Crippen molar-refractivity contribution >= 4 is 17.2 Å².